The zero-order valence-corrected chi connectivity index (χ0v) is 9.35. The SMILES string of the molecule is Brc1ccccc1.Nc1nc(=O)cco1. The Hall–Kier alpha value is -1.62. The van der Waals surface area contributed by atoms with E-state index in [1.165, 1.54) is 12.3 Å². The number of hydrogen-bond donors (Lipinski definition) is 1. The van der Waals surface area contributed by atoms with Gasteiger partial charge in [-0.1, -0.05) is 34.1 Å². The Balaban J connectivity index is 0.000000151. The van der Waals surface area contributed by atoms with Crippen LogP contribution in [0.25, 0.3) is 0 Å². The normalized spacial score (nSPS) is 8.87. The summed E-state index contributed by atoms with van der Waals surface area (Å²) in [6, 6.07) is 11.1. The van der Waals surface area contributed by atoms with Crippen LogP contribution in [0.3, 0.4) is 0 Å². The van der Waals surface area contributed by atoms with Crippen LogP contribution in [0.1, 0.15) is 0 Å². The second-order valence-electron chi connectivity index (χ2n) is 2.50. The van der Waals surface area contributed by atoms with Gasteiger partial charge in [-0.05, 0) is 12.1 Å². The maximum absolute atomic E-state index is 10.2. The minimum atomic E-state index is -0.381. The van der Waals surface area contributed by atoms with Crippen molar-refractivity contribution in [1.29, 1.82) is 0 Å². The van der Waals surface area contributed by atoms with Crippen LogP contribution in [0.2, 0.25) is 0 Å². The molecule has 0 aliphatic rings. The summed E-state index contributed by atoms with van der Waals surface area (Å²) >= 11 is 3.31. The van der Waals surface area contributed by atoms with Gasteiger partial charge in [0.05, 0.1) is 0 Å². The van der Waals surface area contributed by atoms with Gasteiger partial charge in [0.2, 0.25) is 0 Å². The highest BCUT2D eigenvalue weighted by Crippen LogP contribution is 2.05. The van der Waals surface area contributed by atoms with Crippen LogP contribution >= 0.6 is 15.9 Å². The van der Waals surface area contributed by atoms with Crippen LogP contribution in [0.15, 0.2) is 56.3 Å². The lowest BCUT2D eigenvalue weighted by Crippen LogP contribution is -2.04. The molecule has 0 bridgehead atoms. The average molecular weight is 269 g/mol. The van der Waals surface area contributed by atoms with Gasteiger partial charge < -0.3 is 10.2 Å². The fourth-order valence-electron chi connectivity index (χ4n) is 0.749. The number of rotatable bonds is 0. The van der Waals surface area contributed by atoms with Crippen molar-refractivity contribution in [3.63, 3.8) is 0 Å². The molecule has 0 fully saturated rings. The summed E-state index contributed by atoms with van der Waals surface area (Å²) in [5.41, 5.74) is 4.60. The fourth-order valence-corrected chi connectivity index (χ4v) is 1.05. The van der Waals surface area contributed by atoms with Crippen LogP contribution < -0.4 is 11.3 Å². The van der Waals surface area contributed by atoms with E-state index in [1.54, 1.807) is 0 Å². The Kier molecular flexibility index (Phi) is 4.56. The topological polar surface area (TPSA) is 69.1 Å². The number of nitrogens with two attached hydrogens (primary N) is 1. The predicted octanol–water partition coefficient (Wildman–Crippen LogP) is 2.07. The standard InChI is InChI=1S/C6H5Br.C4H4N2O2/c7-6-4-2-1-3-5-6;5-4-6-3(7)1-2-8-4/h1-5H;1-2H,(H2,5,6,7). The lowest BCUT2D eigenvalue weighted by molar-refractivity contribution is 0.548. The first kappa shape index (κ1) is 11.5. The van der Waals surface area contributed by atoms with Crippen molar-refractivity contribution in [3.05, 3.63) is 57.5 Å². The van der Waals surface area contributed by atoms with Gasteiger partial charge in [0.15, 0.2) is 0 Å². The number of nitrogen functional groups attached to an aromatic ring is 1. The molecule has 0 unspecified atom stereocenters. The summed E-state index contributed by atoms with van der Waals surface area (Å²) in [5, 5.41) is 0. The number of hydrogen-bond acceptors (Lipinski definition) is 4. The van der Waals surface area contributed by atoms with Crippen molar-refractivity contribution < 1.29 is 4.42 Å². The number of nitrogens with zero attached hydrogens (tertiary/aromatic N) is 1. The third-order valence-corrected chi connectivity index (χ3v) is 1.88. The molecule has 0 aliphatic carbocycles. The highest BCUT2D eigenvalue weighted by molar-refractivity contribution is 9.10. The van der Waals surface area contributed by atoms with Gasteiger partial charge in [-0.15, -0.1) is 0 Å². The second kappa shape index (κ2) is 5.98. The quantitative estimate of drug-likeness (QED) is 0.794. The van der Waals surface area contributed by atoms with Gasteiger partial charge in [-0.2, -0.15) is 4.98 Å². The van der Waals surface area contributed by atoms with Crippen LogP contribution in [0.4, 0.5) is 6.01 Å². The molecule has 2 rings (SSSR count). The monoisotopic (exact) mass is 268 g/mol. The number of benzene rings is 1. The maximum Gasteiger partial charge on any atom is 0.295 e. The molecular formula is C10H9BrN2O2. The molecule has 2 aromatic rings. The first-order valence-electron chi connectivity index (χ1n) is 4.10. The molecule has 1 heterocycles. The van der Waals surface area contributed by atoms with Crippen LogP contribution in [-0.4, -0.2) is 4.98 Å². The summed E-state index contributed by atoms with van der Waals surface area (Å²) in [4.78, 5) is 13.5. The van der Waals surface area contributed by atoms with Crippen molar-refractivity contribution in [2.45, 2.75) is 0 Å². The minimum absolute atomic E-state index is 0.0995. The van der Waals surface area contributed by atoms with Crippen LogP contribution in [-0.2, 0) is 0 Å². The van der Waals surface area contributed by atoms with E-state index in [-0.39, 0.29) is 11.6 Å². The lowest BCUT2D eigenvalue weighted by Gasteiger charge is -1.82. The maximum atomic E-state index is 10.2. The summed E-state index contributed by atoms with van der Waals surface area (Å²) in [5.74, 6) is 0. The molecule has 78 valence electrons. The molecule has 0 atom stereocenters. The molecule has 15 heavy (non-hydrogen) atoms. The van der Waals surface area contributed by atoms with E-state index in [1.807, 2.05) is 30.3 Å². The second-order valence-corrected chi connectivity index (χ2v) is 3.42. The van der Waals surface area contributed by atoms with E-state index in [0.717, 1.165) is 4.47 Å². The predicted molar refractivity (Wildman–Crippen MR) is 61.3 cm³/mol. The van der Waals surface area contributed by atoms with E-state index in [2.05, 4.69) is 25.3 Å². The smallest absolute Gasteiger partial charge is 0.295 e. The molecule has 0 aliphatic heterocycles. The third-order valence-electron chi connectivity index (χ3n) is 1.35. The average Bonchev–Trinajstić information content (AvgIpc) is 2.19. The highest BCUT2D eigenvalue weighted by Gasteiger charge is 1.84. The third kappa shape index (κ3) is 4.97. The molecular weight excluding hydrogens is 260 g/mol. The molecule has 0 saturated heterocycles. The van der Waals surface area contributed by atoms with E-state index in [4.69, 9.17) is 5.73 Å². The van der Waals surface area contributed by atoms with Crippen molar-refractivity contribution >= 4 is 21.9 Å². The summed E-state index contributed by atoms with van der Waals surface area (Å²) in [6.07, 6.45) is 1.20. The zero-order valence-electron chi connectivity index (χ0n) is 7.76. The molecule has 0 radical (unpaired) electrons. The molecule has 1 aromatic heterocycles. The van der Waals surface area contributed by atoms with E-state index < -0.39 is 0 Å². The van der Waals surface area contributed by atoms with Gasteiger partial charge in [0.1, 0.15) is 6.26 Å². The van der Waals surface area contributed by atoms with E-state index in [9.17, 15) is 4.79 Å². The Morgan fingerprint density at radius 2 is 1.87 bits per heavy atom. The molecule has 4 nitrogen and oxygen atoms in total. The van der Waals surface area contributed by atoms with E-state index >= 15 is 0 Å². The van der Waals surface area contributed by atoms with Crippen molar-refractivity contribution in [2.24, 2.45) is 0 Å². The summed E-state index contributed by atoms with van der Waals surface area (Å²) < 4.78 is 5.61. The molecule has 2 N–H and O–H groups in total. The molecule has 0 saturated carbocycles. The van der Waals surface area contributed by atoms with Gasteiger partial charge in [0.25, 0.3) is 11.6 Å². The Morgan fingerprint density at radius 3 is 2.20 bits per heavy atom. The molecule has 1 aromatic carbocycles. The Bertz CT molecular complexity index is 456. The van der Waals surface area contributed by atoms with Gasteiger partial charge >= 0.3 is 0 Å². The first-order valence-corrected chi connectivity index (χ1v) is 4.89. The molecule has 0 amide bonds. The van der Waals surface area contributed by atoms with E-state index in [0.29, 0.717) is 0 Å². The number of aromatic nitrogens is 1. The molecule has 0 spiro atoms. The van der Waals surface area contributed by atoms with Gasteiger partial charge in [-0.25, -0.2) is 0 Å². The highest BCUT2D eigenvalue weighted by atomic mass is 79.9. The zero-order chi connectivity index (χ0) is 11.1. The lowest BCUT2D eigenvalue weighted by atomic mass is 10.4. The van der Waals surface area contributed by atoms with Crippen molar-refractivity contribution in [1.82, 2.24) is 4.98 Å². The Morgan fingerprint density at radius 1 is 1.20 bits per heavy atom. The summed E-state index contributed by atoms with van der Waals surface area (Å²) in [6.45, 7) is 0. The van der Waals surface area contributed by atoms with Crippen molar-refractivity contribution in [3.8, 4) is 0 Å². The van der Waals surface area contributed by atoms with Gasteiger partial charge in [0, 0.05) is 10.5 Å². The summed E-state index contributed by atoms with van der Waals surface area (Å²) in [7, 11) is 0. The largest absolute Gasteiger partial charge is 0.434 e. The van der Waals surface area contributed by atoms with Crippen LogP contribution in [0.5, 0.6) is 0 Å². The van der Waals surface area contributed by atoms with Crippen LogP contribution in [0, 0.1) is 0 Å². The minimum Gasteiger partial charge on any atom is -0.434 e. The van der Waals surface area contributed by atoms with Crippen molar-refractivity contribution in [2.75, 3.05) is 5.73 Å². The molecule has 5 heteroatoms. The number of anilines is 1. The number of halogens is 1. The Labute approximate surface area is 94.9 Å². The first-order chi connectivity index (χ1) is 7.18. The van der Waals surface area contributed by atoms with Gasteiger partial charge in [-0.3, -0.25) is 4.79 Å². The fraction of sp³-hybridized carbons (Fsp3) is 0.